The Labute approximate surface area is 140 Å². The van der Waals surface area contributed by atoms with Crippen molar-refractivity contribution in [1.29, 1.82) is 0 Å². The van der Waals surface area contributed by atoms with E-state index in [1.807, 2.05) is 0 Å². The van der Waals surface area contributed by atoms with Crippen LogP contribution in [0.3, 0.4) is 0 Å². The molecule has 1 aromatic heterocycles. The quantitative estimate of drug-likeness (QED) is 0.630. The predicted molar refractivity (Wildman–Crippen MR) is 93.0 cm³/mol. The van der Waals surface area contributed by atoms with Crippen molar-refractivity contribution >= 4 is 51.9 Å². The molecule has 3 rings (SSSR count). The summed E-state index contributed by atoms with van der Waals surface area (Å²) in [6.45, 7) is 0. The lowest BCUT2D eigenvalue weighted by Crippen LogP contribution is -2.07. The molecule has 2 aromatic carbocycles. The van der Waals surface area contributed by atoms with E-state index in [2.05, 4.69) is 15.3 Å². The van der Waals surface area contributed by atoms with Gasteiger partial charge in [-0.05, 0) is 35.9 Å². The maximum atomic E-state index is 12.0. The van der Waals surface area contributed by atoms with Gasteiger partial charge in [-0.2, -0.15) is 0 Å². The Kier molecular flexibility index (Phi) is 4.23. The molecular formula is C16H11Cl2N3O2. The zero-order valence-electron chi connectivity index (χ0n) is 11.7. The van der Waals surface area contributed by atoms with Gasteiger partial charge in [0.15, 0.2) is 0 Å². The number of anilines is 1. The monoisotopic (exact) mass is 347 g/mol. The third-order valence-corrected chi connectivity index (χ3v) is 4.01. The maximum absolute atomic E-state index is 12.0. The molecule has 3 N–H and O–H groups in total. The van der Waals surface area contributed by atoms with Crippen LogP contribution >= 0.6 is 23.2 Å². The van der Waals surface area contributed by atoms with Gasteiger partial charge in [0.25, 0.3) is 0 Å². The summed E-state index contributed by atoms with van der Waals surface area (Å²) in [5.41, 5.74) is 2.22. The van der Waals surface area contributed by atoms with E-state index < -0.39 is 0 Å². The van der Waals surface area contributed by atoms with Gasteiger partial charge in [0.1, 0.15) is 0 Å². The Hall–Kier alpha value is -2.50. The second kappa shape index (κ2) is 6.32. The van der Waals surface area contributed by atoms with E-state index in [0.717, 1.165) is 0 Å². The lowest BCUT2D eigenvalue weighted by Gasteiger charge is -2.03. The van der Waals surface area contributed by atoms with Crippen LogP contribution in [0.4, 0.5) is 5.69 Å². The highest BCUT2D eigenvalue weighted by atomic mass is 35.5. The second-order valence-electron chi connectivity index (χ2n) is 4.81. The molecule has 0 aliphatic carbocycles. The molecule has 0 radical (unpaired) electrons. The molecule has 0 saturated carbocycles. The minimum absolute atomic E-state index is 0.293. The number of aromatic nitrogens is 2. The Balaban J connectivity index is 1.76. The number of fused-ring (bicyclic) bond motifs is 1. The molecule has 23 heavy (non-hydrogen) atoms. The molecule has 116 valence electrons. The number of benzene rings is 2. The number of imidazole rings is 1. The molecule has 3 aromatic rings. The fraction of sp³-hybridized carbons (Fsp3) is 0. The van der Waals surface area contributed by atoms with Gasteiger partial charge in [-0.15, -0.1) is 0 Å². The fourth-order valence-electron chi connectivity index (χ4n) is 2.11. The summed E-state index contributed by atoms with van der Waals surface area (Å²) in [7, 11) is 0. The number of hydrogen-bond donors (Lipinski definition) is 3. The second-order valence-corrected chi connectivity index (χ2v) is 5.59. The summed E-state index contributed by atoms with van der Waals surface area (Å²) < 4.78 is 0. The topological polar surface area (TPSA) is 77.8 Å². The standard InChI is InChI=1S/C16H11Cl2N3O2/c17-11-3-1-2-9(15(11)18)4-7-14(22)19-10-5-6-12-13(8-10)21-16(23)20-12/h1-8H,(H,19,22)(H2,20,21,23). The van der Waals surface area contributed by atoms with Crippen LogP contribution in [0.15, 0.2) is 47.3 Å². The Bertz CT molecular complexity index is 973. The molecule has 0 atom stereocenters. The van der Waals surface area contributed by atoms with Crippen molar-refractivity contribution in [2.45, 2.75) is 0 Å². The van der Waals surface area contributed by atoms with Crippen LogP contribution in [0.25, 0.3) is 17.1 Å². The van der Waals surface area contributed by atoms with Crippen LogP contribution in [0.1, 0.15) is 5.56 Å². The van der Waals surface area contributed by atoms with Crippen LogP contribution in [0.2, 0.25) is 10.0 Å². The first-order valence-corrected chi connectivity index (χ1v) is 7.43. The summed E-state index contributed by atoms with van der Waals surface area (Å²) in [4.78, 5) is 28.4. The van der Waals surface area contributed by atoms with E-state index in [4.69, 9.17) is 23.2 Å². The highest BCUT2D eigenvalue weighted by Crippen LogP contribution is 2.26. The van der Waals surface area contributed by atoms with Crippen molar-refractivity contribution in [3.63, 3.8) is 0 Å². The van der Waals surface area contributed by atoms with Crippen molar-refractivity contribution in [2.75, 3.05) is 5.32 Å². The van der Waals surface area contributed by atoms with E-state index in [1.54, 1.807) is 42.5 Å². The number of halogens is 2. The number of hydrogen-bond acceptors (Lipinski definition) is 2. The van der Waals surface area contributed by atoms with E-state index in [1.165, 1.54) is 6.08 Å². The SMILES string of the molecule is O=C(C=Cc1cccc(Cl)c1Cl)Nc1ccc2[nH]c(=O)[nH]c2c1. The van der Waals surface area contributed by atoms with Gasteiger partial charge in [-0.1, -0.05) is 35.3 Å². The molecule has 0 fully saturated rings. The van der Waals surface area contributed by atoms with Crippen LogP contribution in [-0.4, -0.2) is 15.9 Å². The summed E-state index contributed by atoms with van der Waals surface area (Å²) in [6, 6.07) is 10.3. The number of carbonyl (C=O) groups is 1. The van der Waals surface area contributed by atoms with Crippen molar-refractivity contribution in [2.24, 2.45) is 0 Å². The normalized spacial score (nSPS) is 11.2. The van der Waals surface area contributed by atoms with Gasteiger partial charge >= 0.3 is 5.69 Å². The van der Waals surface area contributed by atoms with E-state index in [0.29, 0.717) is 32.3 Å². The number of amides is 1. The Morgan fingerprint density at radius 2 is 1.87 bits per heavy atom. The van der Waals surface area contributed by atoms with Crippen molar-refractivity contribution < 1.29 is 4.79 Å². The van der Waals surface area contributed by atoms with Gasteiger partial charge in [0.05, 0.1) is 21.1 Å². The largest absolute Gasteiger partial charge is 0.323 e. The van der Waals surface area contributed by atoms with Crippen LogP contribution < -0.4 is 11.0 Å². The highest BCUT2D eigenvalue weighted by Gasteiger charge is 2.04. The Morgan fingerprint density at radius 1 is 1.09 bits per heavy atom. The molecule has 1 amide bonds. The number of carbonyl (C=O) groups excluding carboxylic acids is 1. The highest BCUT2D eigenvalue weighted by molar-refractivity contribution is 6.42. The van der Waals surface area contributed by atoms with Gasteiger partial charge in [-0.3, -0.25) is 4.79 Å². The zero-order chi connectivity index (χ0) is 16.4. The number of H-pyrrole nitrogens is 2. The molecule has 5 nitrogen and oxygen atoms in total. The summed E-state index contributed by atoms with van der Waals surface area (Å²) in [5, 5.41) is 3.53. The number of nitrogens with one attached hydrogen (secondary N) is 3. The van der Waals surface area contributed by atoms with Crippen molar-refractivity contribution in [1.82, 2.24) is 9.97 Å². The molecule has 0 bridgehead atoms. The van der Waals surface area contributed by atoms with Crippen molar-refractivity contribution in [3.8, 4) is 0 Å². The molecule has 0 saturated heterocycles. The first-order valence-electron chi connectivity index (χ1n) is 6.68. The molecular weight excluding hydrogens is 337 g/mol. The van der Waals surface area contributed by atoms with Crippen LogP contribution in [0.5, 0.6) is 0 Å². The minimum Gasteiger partial charge on any atom is -0.322 e. The van der Waals surface area contributed by atoms with E-state index in [9.17, 15) is 9.59 Å². The maximum Gasteiger partial charge on any atom is 0.323 e. The minimum atomic E-state index is -0.321. The van der Waals surface area contributed by atoms with Gasteiger partial charge in [0, 0.05) is 11.8 Å². The fourth-order valence-corrected chi connectivity index (χ4v) is 2.48. The van der Waals surface area contributed by atoms with Gasteiger partial charge in [-0.25, -0.2) is 4.79 Å². The van der Waals surface area contributed by atoms with Gasteiger partial charge < -0.3 is 15.3 Å². The van der Waals surface area contributed by atoms with E-state index >= 15 is 0 Å². The Morgan fingerprint density at radius 3 is 2.70 bits per heavy atom. The predicted octanol–water partition coefficient (Wildman–Crippen LogP) is 3.81. The average Bonchev–Trinajstić information content (AvgIpc) is 2.88. The number of rotatable bonds is 3. The third kappa shape index (κ3) is 3.47. The summed E-state index contributed by atoms with van der Waals surface area (Å²) in [6.07, 6.45) is 2.95. The van der Waals surface area contributed by atoms with Crippen molar-refractivity contribution in [3.05, 3.63) is 68.6 Å². The molecule has 0 unspecified atom stereocenters. The molecule has 7 heteroatoms. The number of aromatic amines is 2. The first-order chi connectivity index (χ1) is 11.0. The van der Waals surface area contributed by atoms with Crippen LogP contribution in [0, 0.1) is 0 Å². The lowest BCUT2D eigenvalue weighted by molar-refractivity contribution is -0.111. The lowest BCUT2D eigenvalue weighted by atomic mass is 10.2. The molecule has 0 aliphatic heterocycles. The molecule has 1 heterocycles. The first kappa shape index (κ1) is 15.4. The molecule has 0 spiro atoms. The summed E-state index contributed by atoms with van der Waals surface area (Å²) >= 11 is 12.0. The summed E-state index contributed by atoms with van der Waals surface area (Å²) in [5.74, 6) is -0.321. The molecule has 0 aliphatic rings. The smallest absolute Gasteiger partial charge is 0.322 e. The third-order valence-electron chi connectivity index (χ3n) is 3.18. The zero-order valence-corrected chi connectivity index (χ0v) is 13.2. The average molecular weight is 348 g/mol. The van der Waals surface area contributed by atoms with E-state index in [-0.39, 0.29) is 11.6 Å². The van der Waals surface area contributed by atoms with Gasteiger partial charge in [0.2, 0.25) is 5.91 Å². The van der Waals surface area contributed by atoms with Crippen LogP contribution in [-0.2, 0) is 4.79 Å².